The molecule has 0 saturated heterocycles. The molecule has 0 N–H and O–H groups in total. The number of pyridine rings is 1. The van der Waals surface area contributed by atoms with Crippen molar-refractivity contribution in [3.8, 4) is 0 Å². The Balaban J connectivity index is 1.92. The van der Waals surface area contributed by atoms with Crippen molar-refractivity contribution in [1.29, 1.82) is 0 Å². The van der Waals surface area contributed by atoms with Crippen molar-refractivity contribution in [2.45, 2.75) is 25.9 Å². The van der Waals surface area contributed by atoms with E-state index in [0.29, 0.717) is 6.04 Å². The van der Waals surface area contributed by atoms with Gasteiger partial charge in [-0.25, -0.2) is 0 Å². The van der Waals surface area contributed by atoms with Crippen LogP contribution < -0.4 is 4.90 Å². The summed E-state index contributed by atoms with van der Waals surface area (Å²) in [5, 5.41) is 0.745. The largest absolute Gasteiger partial charge is 0.364 e. The SMILES string of the molecule is CC1Cc2ccccc2N1Cc1ccncc1Cl. The predicted molar refractivity (Wildman–Crippen MR) is 75.0 cm³/mol. The van der Waals surface area contributed by atoms with Crippen LogP contribution in [0.3, 0.4) is 0 Å². The normalized spacial score (nSPS) is 17.9. The summed E-state index contributed by atoms with van der Waals surface area (Å²) in [6.45, 7) is 3.11. The third-order valence-electron chi connectivity index (χ3n) is 3.55. The van der Waals surface area contributed by atoms with Crippen molar-refractivity contribution in [2.75, 3.05) is 4.90 Å². The highest BCUT2D eigenvalue weighted by atomic mass is 35.5. The average Bonchev–Trinajstić information content (AvgIpc) is 2.69. The van der Waals surface area contributed by atoms with E-state index >= 15 is 0 Å². The number of hydrogen-bond donors (Lipinski definition) is 0. The molecule has 3 rings (SSSR count). The zero-order valence-corrected chi connectivity index (χ0v) is 11.1. The van der Waals surface area contributed by atoms with Gasteiger partial charge < -0.3 is 4.90 Å². The fourth-order valence-corrected chi connectivity index (χ4v) is 2.77. The Morgan fingerprint density at radius 1 is 1.33 bits per heavy atom. The average molecular weight is 259 g/mol. The van der Waals surface area contributed by atoms with Gasteiger partial charge in [0, 0.05) is 30.7 Å². The summed E-state index contributed by atoms with van der Waals surface area (Å²) in [6.07, 6.45) is 4.62. The summed E-state index contributed by atoms with van der Waals surface area (Å²) < 4.78 is 0. The minimum Gasteiger partial charge on any atom is -0.364 e. The van der Waals surface area contributed by atoms with E-state index in [1.807, 2.05) is 6.07 Å². The Hall–Kier alpha value is -1.54. The second-order valence-electron chi connectivity index (χ2n) is 4.78. The highest BCUT2D eigenvalue weighted by Gasteiger charge is 2.25. The smallest absolute Gasteiger partial charge is 0.0639 e. The van der Waals surface area contributed by atoms with E-state index in [1.54, 1.807) is 12.4 Å². The molecule has 1 aromatic carbocycles. The van der Waals surface area contributed by atoms with Gasteiger partial charge in [0.2, 0.25) is 0 Å². The number of hydrogen-bond acceptors (Lipinski definition) is 2. The first-order valence-corrected chi connectivity index (χ1v) is 6.56. The number of halogens is 1. The number of aromatic nitrogens is 1. The number of benzene rings is 1. The van der Waals surface area contributed by atoms with Gasteiger partial charge in [-0.15, -0.1) is 0 Å². The maximum atomic E-state index is 6.19. The van der Waals surface area contributed by atoms with Crippen LogP contribution in [0.15, 0.2) is 42.7 Å². The van der Waals surface area contributed by atoms with Crippen molar-refractivity contribution in [3.63, 3.8) is 0 Å². The van der Waals surface area contributed by atoms with Crippen LogP contribution in [0.2, 0.25) is 5.02 Å². The van der Waals surface area contributed by atoms with Gasteiger partial charge in [-0.1, -0.05) is 29.8 Å². The zero-order valence-electron chi connectivity index (χ0n) is 10.3. The second kappa shape index (κ2) is 4.62. The molecule has 0 saturated carbocycles. The number of anilines is 1. The minimum absolute atomic E-state index is 0.520. The summed E-state index contributed by atoms with van der Waals surface area (Å²) in [5.41, 5.74) is 3.89. The molecular formula is C15H15ClN2. The monoisotopic (exact) mass is 258 g/mol. The summed E-state index contributed by atoms with van der Waals surface area (Å²) in [4.78, 5) is 6.45. The molecule has 1 aliphatic rings. The maximum Gasteiger partial charge on any atom is 0.0639 e. The minimum atomic E-state index is 0.520. The predicted octanol–water partition coefficient (Wildman–Crippen LogP) is 3.69. The first kappa shape index (κ1) is 11.5. The number of para-hydroxylation sites is 1. The third-order valence-corrected chi connectivity index (χ3v) is 3.89. The molecule has 0 radical (unpaired) electrons. The van der Waals surface area contributed by atoms with E-state index in [-0.39, 0.29) is 0 Å². The van der Waals surface area contributed by atoms with Crippen LogP contribution in [0.25, 0.3) is 0 Å². The lowest BCUT2D eigenvalue weighted by atomic mass is 10.1. The van der Waals surface area contributed by atoms with E-state index in [4.69, 9.17) is 11.6 Å². The first-order chi connectivity index (χ1) is 8.75. The van der Waals surface area contributed by atoms with Crippen LogP contribution in [0.5, 0.6) is 0 Å². The summed E-state index contributed by atoms with van der Waals surface area (Å²) in [6, 6.07) is 11.1. The van der Waals surface area contributed by atoms with Crippen molar-refractivity contribution in [3.05, 3.63) is 58.9 Å². The van der Waals surface area contributed by atoms with Crippen molar-refractivity contribution >= 4 is 17.3 Å². The van der Waals surface area contributed by atoms with Crippen LogP contribution >= 0.6 is 11.6 Å². The highest BCUT2D eigenvalue weighted by molar-refractivity contribution is 6.31. The van der Waals surface area contributed by atoms with Crippen LogP contribution in [0.1, 0.15) is 18.1 Å². The van der Waals surface area contributed by atoms with E-state index in [2.05, 4.69) is 41.1 Å². The maximum absolute atomic E-state index is 6.19. The molecule has 0 aliphatic carbocycles. The van der Waals surface area contributed by atoms with Gasteiger partial charge in [0.05, 0.1) is 5.02 Å². The summed E-state index contributed by atoms with van der Waals surface area (Å²) in [5.74, 6) is 0. The molecular weight excluding hydrogens is 244 g/mol. The Morgan fingerprint density at radius 3 is 3.00 bits per heavy atom. The van der Waals surface area contributed by atoms with Crippen LogP contribution in [0.4, 0.5) is 5.69 Å². The molecule has 1 unspecified atom stereocenters. The van der Waals surface area contributed by atoms with Crippen molar-refractivity contribution in [2.24, 2.45) is 0 Å². The molecule has 2 heterocycles. The topological polar surface area (TPSA) is 16.1 Å². The fourth-order valence-electron chi connectivity index (χ4n) is 2.59. The lowest BCUT2D eigenvalue weighted by Gasteiger charge is -2.25. The molecule has 2 aromatic rings. The van der Waals surface area contributed by atoms with Crippen molar-refractivity contribution < 1.29 is 0 Å². The number of nitrogens with zero attached hydrogens (tertiary/aromatic N) is 2. The molecule has 0 fully saturated rings. The fraction of sp³-hybridized carbons (Fsp3) is 0.267. The van der Waals surface area contributed by atoms with E-state index < -0.39 is 0 Å². The third kappa shape index (κ3) is 1.97. The quantitative estimate of drug-likeness (QED) is 0.817. The molecule has 3 heteroatoms. The molecule has 92 valence electrons. The van der Waals surface area contributed by atoms with E-state index in [0.717, 1.165) is 23.6 Å². The Morgan fingerprint density at radius 2 is 2.17 bits per heavy atom. The molecule has 1 atom stereocenters. The number of fused-ring (bicyclic) bond motifs is 1. The Bertz CT molecular complexity index is 568. The molecule has 1 aliphatic heterocycles. The molecule has 1 aromatic heterocycles. The van der Waals surface area contributed by atoms with Gasteiger partial charge in [-0.3, -0.25) is 4.98 Å². The lowest BCUT2D eigenvalue weighted by molar-refractivity contribution is 0.672. The van der Waals surface area contributed by atoms with Gasteiger partial charge >= 0.3 is 0 Å². The molecule has 0 spiro atoms. The zero-order chi connectivity index (χ0) is 12.5. The molecule has 0 bridgehead atoms. The van der Waals surface area contributed by atoms with Gasteiger partial charge in [0.1, 0.15) is 0 Å². The van der Waals surface area contributed by atoms with Gasteiger partial charge in [-0.05, 0) is 36.6 Å². The summed E-state index contributed by atoms with van der Waals surface area (Å²) >= 11 is 6.19. The molecule has 0 amide bonds. The van der Waals surface area contributed by atoms with Gasteiger partial charge in [-0.2, -0.15) is 0 Å². The van der Waals surface area contributed by atoms with E-state index in [1.165, 1.54) is 11.3 Å². The Labute approximate surface area is 112 Å². The van der Waals surface area contributed by atoms with Crippen LogP contribution in [0, 0.1) is 0 Å². The standard InChI is InChI=1S/C15H15ClN2/c1-11-8-12-4-2-3-5-15(12)18(11)10-13-6-7-17-9-14(13)16/h2-7,9,11H,8,10H2,1H3. The molecule has 2 nitrogen and oxygen atoms in total. The number of rotatable bonds is 2. The second-order valence-corrected chi connectivity index (χ2v) is 5.18. The van der Waals surface area contributed by atoms with E-state index in [9.17, 15) is 0 Å². The van der Waals surface area contributed by atoms with Crippen molar-refractivity contribution in [1.82, 2.24) is 4.98 Å². The Kier molecular flexibility index (Phi) is 2.96. The molecule has 18 heavy (non-hydrogen) atoms. The van der Waals surface area contributed by atoms with Gasteiger partial charge in [0.25, 0.3) is 0 Å². The highest BCUT2D eigenvalue weighted by Crippen LogP contribution is 2.33. The summed E-state index contributed by atoms with van der Waals surface area (Å²) in [7, 11) is 0. The van der Waals surface area contributed by atoms with Crippen LogP contribution in [-0.2, 0) is 13.0 Å². The van der Waals surface area contributed by atoms with Gasteiger partial charge in [0.15, 0.2) is 0 Å². The lowest BCUT2D eigenvalue weighted by Crippen LogP contribution is -2.28. The van der Waals surface area contributed by atoms with Crippen LogP contribution in [-0.4, -0.2) is 11.0 Å². The first-order valence-electron chi connectivity index (χ1n) is 6.18.